The summed E-state index contributed by atoms with van der Waals surface area (Å²) in [6.45, 7) is 13.7. The van der Waals surface area contributed by atoms with Gasteiger partial charge in [-0.15, -0.1) is 0 Å². The molecule has 80 valence electrons. The summed E-state index contributed by atoms with van der Waals surface area (Å²) in [5.41, 5.74) is 0. The van der Waals surface area contributed by atoms with E-state index in [2.05, 4.69) is 37.9 Å². The molecule has 1 N–H and O–H groups in total. The third-order valence-corrected chi connectivity index (χ3v) is 2.42. The number of hydrogen-bond donors (Lipinski definition) is 1. The lowest BCUT2D eigenvalue weighted by molar-refractivity contribution is 0.272. The quantitative estimate of drug-likeness (QED) is 0.624. The maximum atomic E-state index is 3.44. The fraction of sp³-hybridized carbons (Fsp3) is 1.00. The van der Waals surface area contributed by atoms with Gasteiger partial charge in [0, 0.05) is 6.04 Å². The molecule has 13 heavy (non-hydrogen) atoms. The predicted molar refractivity (Wildman–Crippen MR) is 60.2 cm³/mol. The first-order chi connectivity index (χ1) is 6.24. The van der Waals surface area contributed by atoms with Gasteiger partial charge >= 0.3 is 0 Å². The summed E-state index contributed by atoms with van der Waals surface area (Å²) in [5.74, 6) is 0. The van der Waals surface area contributed by atoms with Gasteiger partial charge in [-0.3, -0.25) is 0 Å². The molecule has 0 aliphatic carbocycles. The summed E-state index contributed by atoms with van der Waals surface area (Å²) >= 11 is 0. The van der Waals surface area contributed by atoms with Crippen LogP contribution in [0, 0.1) is 0 Å². The molecule has 0 amide bonds. The zero-order valence-corrected chi connectivity index (χ0v) is 9.77. The molecular weight excluding hydrogens is 160 g/mol. The van der Waals surface area contributed by atoms with E-state index in [1.807, 2.05) is 0 Å². The Labute approximate surface area is 83.7 Å². The van der Waals surface area contributed by atoms with Crippen LogP contribution in [-0.2, 0) is 0 Å². The average Bonchev–Trinajstić information content (AvgIpc) is 2.12. The van der Waals surface area contributed by atoms with Gasteiger partial charge in [0.1, 0.15) is 0 Å². The molecule has 0 fully saturated rings. The molecule has 2 heteroatoms. The van der Waals surface area contributed by atoms with E-state index in [-0.39, 0.29) is 0 Å². The molecule has 0 spiro atoms. The van der Waals surface area contributed by atoms with Gasteiger partial charge in [-0.2, -0.15) is 0 Å². The van der Waals surface area contributed by atoms with Gasteiger partial charge in [0.05, 0.1) is 0 Å². The van der Waals surface area contributed by atoms with Crippen LogP contribution in [0.4, 0.5) is 0 Å². The van der Waals surface area contributed by atoms with Gasteiger partial charge in [0.15, 0.2) is 0 Å². The lowest BCUT2D eigenvalue weighted by Gasteiger charge is -2.21. The van der Waals surface area contributed by atoms with E-state index >= 15 is 0 Å². The van der Waals surface area contributed by atoms with E-state index < -0.39 is 0 Å². The zero-order valence-electron chi connectivity index (χ0n) is 9.77. The largest absolute Gasteiger partial charge is 0.314 e. The highest BCUT2D eigenvalue weighted by molar-refractivity contribution is 4.63. The second-order valence-corrected chi connectivity index (χ2v) is 3.68. The first-order valence-electron chi connectivity index (χ1n) is 5.70. The van der Waals surface area contributed by atoms with Crippen LogP contribution in [0.1, 0.15) is 40.5 Å². The van der Waals surface area contributed by atoms with Crippen molar-refractivity contribution in [2.24, 2.45) is 0 Å². The van der Waals surface area contributed by atoms with Gasteiger partial charge < -0.3 is 10.2 Å². The summed E-state index contributed by atoms with van der Waals surface area (Å²) < 4.78 is 0. The van der Waals surface area contributed by atoms with Gasteiger partial charge in [-0.1, -0.05) is 20.8 Å². The van der Waals surface area contributed by atoms with Gasteiger partial charge in [-0.05, 0) is 45.9 Å². The molecule has 0 saturated heterocycles. The van der Waals surface area contributed by atoms with Crippen LogP contribution < -0.4 is 5.32 Å². The van der Waals surface area contributed by atoms with Crippen LogP contribution in [-0.4, -0.2) is 37.1 Å². The predicted octanol–water partition coefficient (Wildman–Crippen LogP) is 2.11. The minimum atomic E-state index is 0.663. The third kappa shape index (κ3) is 7.03. The van der Waals surface area contributed by atoms with E-state index in [9.17, 15) is 0 Å². The molecule has 0 aliphatic rings. The summed E-state index contributed by atoms with van der Waals surface area (Å²) in [4.78, 5) is 2.52. The first-order valence-corrected chi connectivity index (χ1v) is 5.70. The molecule has 0 aromatic carbocycles. The van der Waals surface area contributed by atoms with Crippen molar-refractivity contribution >= 4 is 0 Å². The van der Waals surface area contributed by atoms with Crippen molar-refractivity contribution in [1.82, 2.24) is 10.2 Å². The van der Waals surface area contributed by atoms with Crippen LogP contribution in [0.5, 0.6) is 0 Å². The summed E-state index contributed by atoms with van der Waals surface area (Å²) in [7, 11) is 0. The second kappa shape index (κ2) is 8.52. The van der Waals surface area contributed by atoms with E-state index in [0.717, 1.165) is 6.54 Å². The van der Waals surface area contributed by atoms with Gasteiger partial charge in [0.25, 0.3) is 0 Å². The topological polar surface area (TPSA) is 15.3 Å². The minimum absolute atomic E-state index is 0.663. The van der Waals surface area contributed by atoms with E-state index in [0.29, 0.717) is 6.04 Å². The summed E-state index contributed by atoms with van der Waals surface area (Å²) in [6, 6.07) is 0.663. The lowest BCUT2D eigenvalue weighted by Crippen LogP contribution is -2.32. The van der Waals surface area contributed by atoms with Crippen LogP contribution in [0.2, 0.25) is 0 Å². The van der Waals surface area contributed by atoms with Gasteiger partial charge in [0.2, 0.25) is 0 Å². The highest BCUT2D eigenvalue weighted by Crippen LogP contribution is 1.97. The molecule has 0 heterocycles. The maximum Gasteiger partial charge on any atom is 0.00507 e. The average molecular weight is 186 g/mol. The zero-order chi connectivity index (χ0) is 10.1. The fourth-order valence-corrected chi connectivity index (χ4v) is 1.57. The fourth-order valence-electron chi connectivity index (χ4n) is 1.57. The Kier molecular flexibility index (Phi) is 8.46. The molecule has 1 atom stereocenters. The SMILES string of the molecule is CCCN(CC)CCC(C)NCC. The lowest BCUT2D eigenvalue weighted by atomic mass is 10.2. The van der Waals surface area contributed by atoms with Crippen LogP contribution >= 0.6 is 0 Å². The van der Waals surface area contributed by atoms with Crippen LogP contribution in [0.15, 0.2) is 0 Å². The number of nitrogens with zero attached hydrogens (tertiary/aromatic N) is 1. The molecule has 0 rings (SSSR count). The smallest absolute Gasteiger partial charge is 0.00507 e. The van der Waals surface area contributed by atoms with Crippen LogP contribution in [0.25, 0.3) is 0 Å². The molecule has 2 nitrogen and oxygen atoms in total. The number of nitrogens with one attached hydrogen (secondary N) is 1. The van der Waals surface area contributed by atoms with Crippen molar-refractivity contribution in [3.63, 3.8) is 0 Å². The van der Waals surface area contributed by atoms with Crippen molar-refractivity contribution in [2.75, 3.05) is 26.2 Å². The second-order valence-electron chi connectivity index (χ2n) is 3.68. The molecule has 0 aliphatic heterocycles. The molecular formula is C11H26N2. The molecule has 0 bridgehead atoms. The Morgan fingerprint density at radius 2 is 1.85 bits per heavy atom. The monoisotopic (exact) mass is 186 g/mol. The standard InChI is InChI=1S/C11H26N2/c1-5-9-13(7-3)10-8-11(4)12-6-2/h11-12H,5-10H2,1-4H3. The highest BCUT2D eigenvalue weighted by Gasteiger charge is 2.03. The molecule has 0 aromatic heterocycles. The molecule has 0 radical (unpaired) electrons. The Hall–Kier alpha value is -0.0800. The molecule has 0 saturated carbocycles. The number of hydrogen-bond acceptors (Lipinski definition) is 2. The van der Waals surface area contributed by atoms with E-state index in [1.54, 1.807) is 0 Å². The first kappa shape index (κ1) is 12.9. The molecule has 0 aromatic rings. The Morgan fingerprint density at radius 1 is 1.15 bits per heavy atom. The van der Waals surface area contributed by atoms with Crippen molar-refractivity contribution in [1.29, 1.82) is 0 Å². The Morgan fingerprint density at radius 3 is 2.31 bits per heavy atom. The van der Waals surface area contributed by atoms with Crippen molar-refractivity contribution in [3.8, 4) is 0 Å². The normalized spacial score (nSPS) is 13.6. The van der Waals surface area contributed by atoms with E-state index in [4.69, 9.17) is 0 Å². The number of rotatable bonds is 8. The highest BCUT2D eigenvalue weighted by atomic mass is 15.1. The van der Waals surface area contributed by atoms with Crippen molar-refractivity contribution < 1.29 is 0 Å². The molecule has 1 unspecified atom stereocenters. The van der Waals surface area contributed by atoms with Gasteiger partial charge in [-0.25, -0.2) is 0 Å². The third-order valence-electron chi connectivity index (χ3n) is 2.42. The van der Waals surface area contributed by atoms with Crippen molar-refractivity contribution in [2.45, 2.75) is 46.6 Å². The minimum Gasteiger partial charge on any atom is -0.314 e. The maximum absolute atomic E-state index is 3.44. The Balaban J connectivity index is 3.46. The van der Waals surface area contributed by atoms with Crippen molar-refractivity contribution in [3.05, 3.63) is 0 Å². The Bertz CT molecular complexity index is 104. The van der Waals surface area contributed by atoms with E-state index in [1.165, 1.54) is 32.5 Å². The summed E-state index contributed by atoms with van der Waals surface area (Å²) in [6.07, 6.45) is 2.53. The van der Waals surface area contributed by atoms with Crippen LogP contribution in [0.3, 0.4) is 0 Å². The summed E-state index contributed by atoms with van der Waals surface area (Å²) in [5, 5.41) is 3.44.